The minimum atomic E-state index is 0.0102. The zero-order chi connectivity index (χ0) is 21.8. The minimum absolute atomic E-state index is 0.0102. The van der Waals surface area contributed by atoms with Gasteiger partial charge in [-0.2, -0.15) is 0 Å². The van der Waals surface area contributed by atoms with Crippen molar-refractivity contribution in [2.24, 2.45) is 17.8 Å². The fourth-order valence-electron chi connectivity index (χ4n) is 4.29. The Morgan fingerprint density at radius 1 is 1.13 bits per heavy atom. The van der Waals surface area contributed by atoms with Crippen LogP contribution in [0, 0.1) is 17.8 Å². The van der Waals surface area contributed by atoms with Crippen LogP contribution in [0.15, 0.2) is 24.4 Å². The highest BCUT2D eigenvalue weighted by Crippen LogP contribution is 2.35. The number of carbonyl (C=O) groups is 1. The number of hydrogen-bond acceptors (Lipinski definition) is 5. The highest BCUT2D eigenvalue weighted by atomic mass is 35.5. The van der Waals surface area contributed by atoms with Crippen molar-refractivity contribution in [2.45, 2.75) is 39.0 Å². The molecule has 3 heterocycles. The molecule has 2 aliphatic rings. The third-order valence-corrected chi connectivity index (χ3v) is 6.79. The molecule has 0 bridgehead atoms. The van der Waals surface area contributed by atoms with E-state index in [9.17, 15) is 4.79 Å². The Morgan fingerprint density at radius 2 is 1.94 bits per heavy atom. The molecule has 1 saturated carbocycles. The molecule has 4 rings (SSSR count). The molecule has 2 N–H and O–H groups in total. The molecule has 2 aromatic rings. The lowest BCUT2D eigenvalue weighted by molar-refractivity contribution is -0.119. The molecule has 8 heteroatoms. The first kappa shape index (κ1) is 22.3. The van der Waals surface area contributed by atoms with Crippen LogP contribution in [0.3, 0.4) is 0 Å². The predicted octanol–water partition coefficient (Wildman–Crippen LogP) is 5.66. The standard InChI is InChI=1S/C23H28Cl2N4O2/c1-14-2-3-16(10-14)23(30)29-21-11-17(19(25)13-27-21)22-18(24)4-5-20(28-22)26-12-15-6-8-31-9-7-15/h4-5,11,13-16H,2-3,6-10,12H2,1H3,(H,26,28)(H,27,29,30). The molecular weight excluding hydrogens is 435 g/mol. The highest BCUT2D eigenvalue weighted by molar-refractivity contribution is 6.36. The number of aromatic nitrogens is 2. The number of ether oxygens (including phenoxy) is 1. The van der Waals surface area contributed by atoms with Gasteiger partial charge in [0.1, 0.15) is 11.6 Å². The van der Waals surface area contributed by atoms with E-state index in [0.717, 1.165) is 57.7 Å². The van der Waals surface area contributed by atoms with E-state index in [1.807, 2.05) is 12.1 Å². The number of hydrogen-bond donors (Lipinski definition) is 2. The average molecular weight is 463 g/mol. The van der Waals surface area contributed by atoms with Crippen LogP contribution >= 0.6 is 23.2 Å². The molecule has 1 aliphatic heterocycles. The van der Waals surface area contributed by atoms with Crippen LogP contribution in [0.4, 0.5) is 11.6 Å². The number of nitrogens with one attached hydrogen (secondary N) is 2. The maximum atomic E-state index is 12.6. The lowest BCUT2D eigenvalue weighted by Gasteiger charge is -2.22. The van der Waals surface area contributed by atoms with E-state index in [-0.39, 0.29) is 11.8 Å². The van der Waals surface area contributed by atoms with Crippen molar-refractivity contribution in [1.29, 1.82) is 0 Å². The maximum absolute atomic E-state index is 12.6. The summed E-state index contributed by atoms with van der Waals surface area (Å²) in [6, 6.07) is 5.42. The van der Waals surface area contributed by atoms with Crippen molar-refractivity contribution in [1.82, 2.24) is 9.97 Å². The molecule has 2 aromatic heterocycles. The average Bonchev–Trinajstić information content (AvgIpc) is 3.22. The molecule has 166 valence electrons. The van der Waals surface area contributed by atoms with Gasteiger partial charge in [0.05, 0.1) is 15.7 Å². The van der Waals surface area contributed by atoms with Gasteiger partial charge < -0.3 is 15.4 Å². The maximum Gasteiger partial charge on any atom is 0.228 e. The molecule has 1 amide bonds. The van der Waals surface area contributed by atoms with Gasteiger partial charge in [-0.05, 0) is 62.1 Å². The second-order valence-electron chi connectivity index (χ2n) is 8.62. The van der Waals surface area contributed by atoms with E-state index in [0.29, 0.717) is 39.0 Å². The fraction of sp³-hybridized carbons (Fsp3) is 0.522. The number of halogens is 2. The molecule has 1 aliphatic carbocycles. The Balaban J connectivity index is 1.49. The molecule has 0 radical (unpaired) electrons. The zero-order valence-electron chi connectivity index (χ0n) is 17.7. The molecule has 0 aromatic carbocycles. The summed E-state index contributed by atoms with van der Waals surface area (Å²) in [5.74, 6) is 2.40. The number of pyridine rings is 2. The van der Waals surface area contributed by atoms with Crippen molar-refractivity contribution < 1.29 is 9.53 Å². The predicted molar refractivity (Wildman–Crippen MR) is 125 cm³/mol. The number of nitrogens with zero attached hydrogens (tertiary/aromatic N) is 2. The lowest BCUT2D eigenvalue weighted by Crippen LogP contribution is -2.23. The van der Waals surface area contributed by atoms with Crippen LogP contribution in [0.5, 0.6) is 0 Å². The van der Waals surface area contributed by atoms with Crippen LogP contribution in [-0.4, -0.2) is 35.6 Å². The quantitative estimate of drug-likeness (QED) is 0.578. The molecule has 2 fully saturated rings. The first-order valence-electron chi connectivity index (χ1n) is 10.9. The van der Waals surface area contributed by atoms with Crippen molar-refractivity contribution in [3.8, 4) is 11.3 Å². The van der Waals surface area contributed by atoms with Gasteiger partial charge >= 0.3 is 0 Å². The number of anilines is 2. The van der Waals surface area contributed by atoms with Crippen LogP contribution in [0.2, 0.25) is 10.0 Å². The minimum Gasteiger partial charge on any atom is -0.381 e. The van der Waals surface area contributed by atoms with Gasteiger partial charge in [-0.15, -0.1) is 0 Å². The summed E-state index contributed by atoms with van der Waals surface area (Å²) in [5.41, 5.74) is 1.21. The van der Waals surface area contributed by atoms with Gasteiger partial charge in [0, 0.05) is 37.4 Å². The molecule has 31 heavy (non-hydrogen) atoms. The summed E-state index contributed by atoms with van der Waals surface area (Å²) in [5, 5.41) is 7.27. The first-order valence-corrected chi connectivity index (χ1v) is 11.7. The summed E-state index contributed by atoms with van der Waals surface area (Å²) in [6.45, 7) is 4.64. The Bertz CT molecular complexity index is 934. The van der Waals surface area contributed by atoms with E-state index >= 15 is 0 Å². The van der Waals surface area contributed by atoms with Gasteiger partial charge in [-0.3, -0.25) is 4.79 Å². The van der Waals surface area contributed by atoms with Gasteiger partial charge in [0.25, 0.3) is 0 Å². The Morgan fingerprint density at radius 3 is 2.68 bits per heavy atom. The summed E-state index contributed by atoms with van der Waals surface area (Å²) in [7, 11) is 0. The number of rotatable bonds is 6. The Labute approximate surface area is 193 Å². The van der Waals surface area contributed by atoms with Crippen molar-refractivity contribution in [3.63, 3.8) is 0 Å². The third kappa shape index (κ3) is 5.68. The molecule has 1 saturated heterocycles. The van der Waals surface area contributed by atoms with E-state index < -0.39 is 0 Å². The first-order chi connectivity index (χ1) is 15.0. The van der Waals surface area contributed by atoms with E-state index in [4.69, 9.17) is 32.9 Å². The van der Waals surface area contributed by atoms with Crippen LogP contribution in [0.25, 0.3) is 11.3 Å². The summed E-state index contributed by atoms with van der Waals surface area (Å²) in [4.78, 5) is 21.6. The third-order valence-electron chi connectivity index (χ3n) is 6.19. The SMILES string of the molecule is CC1CCC(C(=O)Nc2cc(-c3nc(NCC4CCOCC4)ccc3Cl)c(Cl)cn2)C1. The largest absolute Gasteiger partial charge is 0.381 e. The summed E-state index contributed by atoms with van der Waals surface area (Å²) in [6.07, 6.45) is 6.55. The normalized spacial score (nSPS) is 21.8. The van der Waals surface area contributed by atoms with Gasteiger partial charge in [-0.1, -0.05) is 30.1 Å². The van der Waals surface area contributed by atoms with Crippen molar-refractivity contribution in [3.05, 3.63) is 34.4 Å². The number of amides is 1. The second-order valence-corrected chi connectivity index (χ2v) is 9.43. The zero-order valence-corrected chi connectivity index (χ0v) is 19.2. The number of carbonyl (C=O) groups excluding carboxylic acids is 1. The molecule has 0 spiro atoms. The Kier molecular flexibility index (Phi) is 7.31. The summed E-state index contributed by atoms with van der Waals surface area (Å²) < 4.78 is 5.42. The van der Waals surface area contributed by atoms with Crippen molar-refractivity contribution >= 4 is 40.7 Å². The van der Waals surface area contributed by atoms with Gasteiger partial charge in [0.15, 0.2) is 0 Å². The fourth-order valence-corrected chi connectivity index (χ4v) is 4.69. The van der Waals surface area contributed by atoms with Crippen LogP contribution in [-0.2, 0) is 9.53 Å². The van der Waals surface area contributed by atoms with Gasteiger partial charge in [0.2, 0.25) is 5.91 Å². The van der Waals surface area contributed by atoms with E-state index in [1.54, 1.807) is 6.07 Å². The molecule has 2 atom stereocenters. The molecular formula is C23H28Cl2N4O2. The van der Waals surface area contributed by atoms with E-state index in [2.05, 4.69) is 22.5 Å². The van der Waals surface area contributed by atoms with Crippen LogP contribution < -0.4 is 10.6 Å². The second kappa shape index (κ2) is 10.2. The van der Waals surface area contributed by atoms with Gasteiger partial charge in [-0.25, -0.2) is 9.97 Å². The smallest absolute Gasteiger partial charge is 0.228 e. The van der Waals surface area contributed by atoms with Crippen molar-refractivity contribution in [2.75, 3.05) is 30.4 Å². The summed E-state index contributed by atoms with van der Waals surface area (Å²) >= 11 is 12.9. The highest BCUT2D eigenvalue weighted by Gasteiger charge is 2.27. The molecule has 6 nitrogen and oxygen atoms in total. The molecule has 2 unspecified atom stereocenters. The Hall–Kier alpha value is -1.89. The topological polar surface area (TPSA) is 76.1 Å². The van der Waals surface area contributed by atoms with E-state index in [1.165, 1.54) is 6.20 Å². The van der Waals surface area contributed by atoms with Crippen LogP contribution in [0.1, 0.15) is 39.0 Å². The monoisotopic (exact) mass is 462 g/mol. The lowest BCUT2D eigenvalue weighted by atomic mass is 10.0.